The second kappa shape index (κ2) is 5.78. The molecule has 1 fully saturated rings. The molecule has 17 heavy (non-hydrogen) atoms. The SMILES string of the molecule is OCCC1CCN(c2ccc(Br)c(F)n2)CC1. The Morgan fingerprint density at radius 3 is 2.71 bits per heavy atom. The maximum Gasteiger partial charge on any atom is 0.229 e. The smallest absolute Gasteiger partial charge is 0.229 e. The summed E-state index contributed by atoms with van der Waals surface area (Å²) in [4.78, 5) is 6.03. The molecule has 2 heterocycles. The molecule has 3 nitrogen and oxygen atoms in total. The molecule has 2 rings (SSSR count). The van der Waals surface area contributed by atoms with Crippen molar-refractivity contribution in [2.75, 3.05) is 24.6 Å². The van der Waals surface area contributed by atoms with Crippen molar-refractivity contribution >= 4 is 21.7 Å². The third-order valence-corrected chi connectivity index (χ3v) is 3.86. The van der Waals surface area contributed by atoms with Crippen molar-refractivity contribution in [2.24, 2.45) is 5.92 Å². The molecule has 1 N–H and O–H groups in total. The number of rotatable bonds is 3. The van der Waals surface area contributed by atoms with E-state index in [1.165, 1.54) is 0 Å². The zero-order chi connectivity index (χ0) is 12.3. The first-order chi connectivity index (χ1) is 8.20. The summed E-state index contributed by atoms with van der Waals surface area (Å²) in [5.74, 6) is 0.838. The van der Waals surface area contributed by atoms with E-state index >= 15 is 0 Å². The molecular weight excluding hydrogens is 287 g/mol. The lowest BCUT2D eigenvalue weighted by Crippen LogP contribution is -2.34. The minimum absolute atomic E-state index is 0.260. The fourth-order valence-electron chi connectivity index (χ4n) is 2.22. The second-order valence-electron chi connectivity index (χ2n) is 4.38. The van der Waals surface area contributed by atoms with Gasteiger partial charge in [0, 0.05) is 19.7 Å². The number of hydrogen-bond donors (Lipinski definition) is 1. The molecule has 0 unspecified atom stereocenters. The van der Waals surface area contributed by atoms with E-state index in [1.807, 2.05) is 6.07 Å². The van der Waals surface area contributed by atoms with Crippen LogP contribution >= 0.6 is 15.9 Å². The van der Waals surface area contributed by atoms with Gasteiger partial charge in [-0.3, -0.25) is 0 Å². The average molecular weight is 303 g/mol. The van der Waals surface area contributed by atoms with E-state index in [0.717, 1.165) is 32.4 Å². The molecule has 0 aromatic carbocycles. The maximum atomic E-state index is 13.3. The summed E-state index contributed by atoms with van der Waals surface area (Å²) >= 11 is 3.10. The number of hydrogen-bond acceptors (Lipinski definition) is 3. The summed E-state index contributed by atoms with van der Waals surface area (Å²) in [6, 6.07) is 3.52. The number of aliphatic hydroxyl groups excluding tert-OH is 1. The Balaban J connectivity index is 1.98. The molecule has 94 valence electrons. The Labute approximate surface area is 109 Å². The highest BCUT2D eigenvalue weighted by molar-refractivity contribution is 9.10. The van der Waals surface area contributed by atoms with Crippen LogP contribution in [0.2, 0.25) is 0 Å². The van der Waals surface area contributed by atoms with Gasteiger partial charge in [0.1, 0.15) is 5.82 Å². The van der Waals surface area contributed by atoms with Crippen LogP contribution in [0.3, 0.4) is 0 Å². The first-order valence-electron chi connectivity index (χ1n) is 5.88. The topological polar surface area (TPSA) is 36.4 Å². The summed E-state index contributed by atoms with van der Waals surface area (Å²) in [6.07, 6.45) is 2.95. The molecule has 1 saturated heterocycles. The van der Waals surface area contributed by atoms with Gasteiger partial charge in [0.15, 0.2) is 0 Å². The lowest BCUT2D eigenvalue weighted by Gasteiger charge is -2.32. The highest BCUT2D eigenvalue weighted by Gasteiger charge is 2.20. The zero-order valence-electron chi connectivity index (χ0n) is 9.57. The van der Waals surface area contributed by atoms with Gasteiger partial charge in [-0.2, -0.15) is 4.39 Å². The number of nitrogens with zero attached hydrogens (tertiary/aromatic N) is 2. The molecule has 0 atom stereocenters. The molecular formula is C12H16BrFN2O. The molecule has 1 aromatic heterocycles. The summed E-state index contributed by atoms with van der Waals surface area (Å²) in [7, 11) is 0. The molecule has 0 radical (unpaired) electrons. The second-order valence-corrected chi connectivity index (χ2v) is 5.24. The van der Waals surface area contributed by atoms with Gasteiger partial charge < -0.3 is 10.0 Å². The molecule has 5 heteroatoms. The quantitative estimate of drug-likeness (QED) is 0.872. The van der Waals surface area contributed by atoms with Crippen molar-refractivity contribution in [1.82, 2.24) is 4.98 Å². The lowest BCUT2D eigenvalue weighted by molar-refractivity contribution is 0.240. The van der Waals surface area contributed by atoms with E-state index in [9.17, 15) is 4.39 Å². The first-order valence-corrected chi connectivity index (χ1v) is 6.68. The minimum atomic E-state index is -0.458. The predicted octanol–water partition coefficient (Wildman–Crippen LogP) is 2.58. The molecule has 0 saturated carbocycles. The van der Waals surface area contributed by atoms with Crippen LogP contribution in [0.4, 0.5) is 10.2 Å². The predicted molar refractivity (Wildman–Crippen MR) is 68.5 cm³/mol. The Hall–Kier alpha value is -0.680. The van der Waals surface area contributed by atoms with Gasteiger partial charge in [-0.1, -0.05) is 0 Å². The van der Waals surface area contributed by atoms with Crippen LogP contribution < -0.4 is 4.90 Å². The molecule has 0 aliphatic carbocycles. The highest BCUT2D eigenvalue weighted by Crippen LogP contribution is 2.25. The highest BCUT2D eigenvalue weighted by atomic mass is 79.9. The van der Waals surface area contributed by atoms with Crippen molar-refractivity contribution in [3.05, 3.63) is 22.6 Å². The number of aliphatic hydroxyl groups is 1. The van der Waals surface area contributed by atoms with E-state index in [-0.39, 0.29) is 6.61 Å². The van der Waals surface area contributed by atoms with Gasteiger partial charge in [0.25, 0.3) is 0 Å². The van der Waals surface area contributed by atoms with E-state index in [2.05, 4.69) is 25.8 Å². The van der Waals surface area contributed by atoms with E-state index < -0.39 is 5.95 Å². The lowest BCUT2D eigenvalue weighted by atomic mass is 9.94. The Kier molecular flexibility index (Phi) is 4.34. The molecule has 0 spiro atoms. The first kappa shape index (κ1) is 12.8. The van der Waals surface area contributed by atoms with Gasteiger partial charge in [0.2, 0.25) is 5.95 Å². The largest absolute Gasteiger partial charge is 0.396 e. The number of halogens is 2. The number of aromatic nitrogens is 1. The fraction of sp³-hybridized carbons (Fsp3) is 0.583. The van der Waals surface area contributed by atoms with Gasteiger partial charge in [-0.05, 0) is 53.2 Å². The summed E-state index contributed by atoms with van der Waals surface area (Å²) in [5, 5.41) is 8.89. The van der Waals surface area contributed by atoms with Crippen LogP contribution in [0.1, 0.15) is 19.3 Å². The van der Waals surface area contributed by atoms with Crippen molar-refractivity contribution in [3.63, 3.8) is 0 Å². The summed E-state index contributed by atoms with van der Waals surface area (Å²) in [5.41, 5.74) is 0. The fourth-order valence-corrected chi connectivity index (χ4v) is 2.44. The van der Waals surface area contributed by atoms with Crippen molar-refractivity contribution in [1.29, 1.82) is 0 Å². The summed E-state index contributed by atoms with van der Waals surface area (Å²) < 4.78 is 13.7. The van der Waals surface area contributed by atoms with Gasteiger partial charge >= 0.3 is 0 Å². The van der Waals surface area contributed by atoms with Gasteiger partial charge in [-0.15, -0.1) is 0 Å². The third kappa shape index (κ3) is 3.16. The molecule has 0 amide bonds. The molecule has 1 aliphatic heterocycles. The normalized spacial score (nSPS) is 17.5. The number of anilines is 1. The summed E-state index contributed by atoms with van der Waals surface area (Å²) in [6.45, 7) is 2.04. The average Bonchev–Trinajstić information content (AvgIpc) is 2.34. The van der Waals surface area contributed by atoms with Crippen LogP contribution in [0.15, 0.2) is 16.6 Å². The van der Waals surface area contributed by atoms with E-state index in [0.29, 0.717) is 16.2 Å². The van der Waals surface area contributed by atoms with Crippen molar-refractivity contribution in [3.8, 4) is 0 Å². The Morgan fingerprint density at radius 2 is 2.12 bits per heavy atom. The van der Waals surface area contributed by atoms with Crippen molar-refractivity contribution in [2.45, 2.75) is 19.3 Å². The Morgan fingerprint density at radius 1 is 1.41 bits per heavy atom. The standard InChI is InChI=1S/C12H16BrFN2O/c13-10-1-2-11(15-12(10)14)16-6-3-9(4-7-16)5-8-17/h1-2,9,17H,3-8H2. The molecule has 1 aliphatic rings. The van der Waals surface area contributed by atoms with Gasteiger partial charge in [-0.25, -0.2) is 4.98 Å². The van der Waals surface area contributed by atoms with Gasteiger partial charge in [0.05, 0.1) is 4.47 Å². The molecule has 0 bridgehead atoms. The van der Waals surface area contributed by atoms with Crippen LogP contribution in [0.25, 0.3) is 0 Å². The Bertz CT molecular complexity index is 381. The number of pyridine rings is 1. The van der Waals surface area contributed by atoms with E-state index in [4.69, 9.17) is 5.11 Å². The van der Waals surface area contributed by atoms with Crippen LogP contribution in [-0.4, -0.2) is 29.8 Å². The monoisotopic (exact) mass is 302 g/mol. The zero-order valence-corrected chi connectivity index (χ0v) is 11.2. The third-order valence-electron chi connectivity index (χ3n) is 3.26. The van der Waals surface area contributed by atoms with Crippen LogP contribution in [0, 0.1) is 11.9 Å². The van der Waals surface area contributed by atoms with Crippen molar-refractivity contribution < 1.29 is 9.50 Å². The number of piperidine rings is 1. The molecule has 1 aromatic rings. The minimum Gasteiger partial charge on any atom is -0.396 e. The van der Waals surface area contributed by atoms with Crippen LogP contribution in [0.5, 0.6) is 0 Å². The maximum absolute atomic E-state index is 13.3. The van der Waals surface area contributed by atoms with Crippen LogP contribution in [-0.2, 0) is 0 Å². The van der Waals surface area contributed by atoms with E-state index in [1.54, 1.807) is 6.07 Å².